The number of hydrogen-bond donors (Lipinski definition) is 1. The van der Waals surface area contributed by atoms with Gasteiger partial charge in [-0.25, -0.2) is 33.7 Å². The number of hydrogen-bond acceptors (Lipinski definition) is 22. The Morgan fingerprint density at radius 3 is 1.65 bits per heavy atom. The quantitative estimate of drug-likeness (QED) is 0.0484. The Hall–Kier alpha value is 2.81. The van der Waals surface area contributed by atoms with Gasteiger partial charge in [-0.1, -0.05) is 0 Å². The number of unbranched alkanes of at least 4 members (excludes halogenated alkanes) is 1. The standard InChI is InChI=1S/C18H32N2O22S4.5Na/c1-2-20(13(22)5-3-4-6-14(23)24)9-12(21)19-7-8-37-18-17(42-46(34,35)36)16(41-45(31,32)33)15(40-44(28,29)30)11(39-18)10-38-43(25,26)27;;;;;/h11,15-18H,2-10H2,1H3,(H,19,21)(H,23,24)(H,25,26,27)(H,28,29,30)(H,31,32,33)(H,34,35,36);;;;;/q;5*+1/p-5/t11-,15-,16+,17+,18+;;;;;/m1...../s1. The van der Waals surface area contributed by atoms with Gasteiger partial charge in [0.05, 0.1) is 19.8 Å². The third-order valence-electron chi connectivity index (χ3n) is 5.45. The van der Waals surface area contributed by atoms with Gasteiger partial charge in [0, 0.05) is 25.5 Å². The van der Waals surface area contributed by atoms with Gasteiger partial charge in [0.15, 0.2) is 12.4 Å². The third-order valence-corrected chi connectivity index (χ3v) is 7.25. The van der Waals surface area contributed by atoms with Crippen molar-refractivity contribution in [2.45, 2.75) is 63.3 Å². The van der Waals surface area contributed by atoms with Crippen molar-refractivity contribution in [3.63, 3.8) is 0 Å². The first-order valence-electron chi connectivity index (χ1n) is 12.4. The molecule has 1 saturated heterocycles. The van der Waals surface area contributed by atoms with E-state index in [1.54, 1.807) is 0 Å². The molecule has 1 fully saturated rings. The number of likely N-dealkylation sites (N-methyl/N-ethyl adjacent to an activating group) is 1. The van der Waals surface area contributed by atoms with Crippen LogP contribution in [0.25, 0.3) is 0 Å². The van der Waals surface area contributed by atoms with Crippen molar-refractivity contribution < 1.29 is 245 Å². The maximum atomic E-state index is 12.3. The van der Waals surface area contributed by atoms with Crippen LogP contribution in [0.1, 0.15) is 32.6 Å². The normalized spacial score (nSPS) is 20.5. The summed E-state index contributed by atoms with van der Waals surface area (Å²) in [6.45, 7) is -1.78. The maximum absolute atomic E-state index is 12.3. The van der Waals surface area contributed by atoms with Crippen LogP contribution in [0.3, 0.4) is 0 Å². The molecular weight excluding hydrogens is 839 g/mol. The van der Waals surface area contributed by atoms with Crippen LogP contribution in [-0.4, -0.2) is 138 Å². The Labute approximate surface area is 405 Å². The molecule has 0 aliphatic carbocycles. The molecule has 51 heavy (non-hydrogen) atoms. The fraction of sp³-hybridized carbons (Fsp3) is 0.833. The topological polar surface area (TPSA) is 374 Å². The summed E-state index contributed by atoms with van der Waals surface area (Å²) in [5.74, 6) is -2.59. The Morgan fingerprint density at radius 1 is 0.725 bits per heavy atom. The van der Waals surface area contributed by atoms with Gasteiger partial charge in [0.2, 0.25) is 53.4 Å². The van der Waals surface area contributed by atoms with Crippen molar-refractivity contribution in [3.05, 3.63) is 0 Å². The minimum absolute atomic E-state index is 0. The molecule has 1 aliphatic heterocycles. The number of rotatable bonds is 21. The van der Waals surface area contributed by atoms with Gasteiger partial charge >= 0.3 is 148 Å². The van der Waals surface area contributed by atoms with E-state index in [9.17, 15) is 71.4 Å². The number of ether oxygens (including phenoxy) is 2. The van der Waals surface area contributed by atoms with Crippen molar-refractivity contribution >= 4 is 59.4 Å². The molecule has 0 radical (unpaired) electrons. The first-order chi connectivity index (χ1) is 20.9. The van der Waals surface area contributed by atoms with E-state index >= 15 is 0 Å². The average molecular weight is 867 g/mol. The largest absolute Gasteiger partial charge is 1.00 e. The number of amides is 2. The number of nitrogens with zero attached hydrogens (tertiary/aromatic N) is 1. The fourth-order valence-electron chi connectivity index (χ4n) is 3.71. The Kier molecular flexibility index (Phi) is 35.9. The van der Waals surface area contributed by atoms with Crippen molar-refractivity contribution in [3.8, 4) is 0 Å². The zero-order chi connectivity index (χ0) is 35.5. The summed E-state index contributed by atoms with van der Waals surface area (Å²) in [5, 5.41) is 12.7. The number of nitrogens with one attached hydrogen (secondary N) is 1. The van der Waals surface area contributed by atoms with Crippen LogP contribution < -0.4 is 158 Å². The summed E-state index contributed by atoms with van der Waals surface area (Å²) in [4.78, 5) is 36.1. The molecule has 2 amide bonds. The molecule has 24 nitrogen and oxygen atoms in total. The van der Waals surface area contributed by atoms with Gasteiger partial charge < -0.3 is 47.8 Å². The number of carbonyl (C=O) groups is 3. The summed E-state index contributed by atoms with van der Waals surface area (Å²) >= 11 is 0. The zero-order valence-corrected chi connectivity index (χ0v) is 41.6. The summed E-state index contributed by atoms with van der Waals surface area (Å²) in [6, 6.07) is 0. The van der Waals surface area contributed by atoms with Crippen LogP contribution in [0.5, 0.6) is 0 Å². The Morgan fingerprint density at radius 2 is 1.20 bits per heavy atom. The predicted molar refractivity (Wildman–Crippen MR) is 133 cm³/mol. The van der Waals surface area contributed by atoms with Crippen LogP contribution in [0, 0.1) is 0 Å². The van der Waals surface area contributed by atoms with Crippen LogP contribution in [-0.2, 0) is 82.2 Å². The molecule has 0 aromatic heterocycles. The molecule has 1 aliphatic rings. The van der Waals surface area contributed by atoms with E-state index in [-0.39, 0.29) is 180 Å². The molecule has 0 unspecified atom stereocenters. The van der Waals surface area contributed by atoms with Crippen molar-refractivity contribution in [2.24, 2.45) is 0 Å². The molecule has 33 heteroatoms. The van der Waals surface area contributed by atoms with E-state index in [4.69, 9.17) is 9.47 Å². The minimum Gasteiger partial charge on any atom is -0.726 e. The average Bonchev–Trinajstić information content (AvgIpc) is 2.86. The van der Waals surface area contributed by atoms with E-state index in [2.05, 4.69) is 22.0 Å². The Bertz CT molecular complexity index is 1500. The zero-order valence-electron chi connectivity index (χ0n) is 28.3. The predicted octanol–water partition coefficient (Wildman–Crippen LogP) is -21.0. The number of carboxylic acid groups (broad SMARTS) is 1. The molecule has 0 spiro atoms. The van der Waals surface area contributed by atoms with E-state index in [1.807, 2.05) is 0 Å². The first-order valence-corrected chi connectivity index (χ1v) is 17.8. The van der Waals surface area contributed by atoms with Gasteiger partial charge in [-0.3, -0.25) is 26.3 Å². The van der Waals surface area contributed by atoms with Crippen molar-refractivity contribution in [1.29, 1.82) is 0 Å². The third kappa shape index (κ3) is 29.7. The summed E-state index contributed by atoms with van der Waals surface area (Å²) < 4.78 is 161. The van der Waals surface area contributed by atoms with Gasteiger partial charge in [-0.2, -0.15) is 0 Å². The maximum Gasteiger partial charge on any atom is 1.00 e. The minimum atomic E-state index is -6.01. The molecule has 0 aromatic carbocycles. The monoisotopic (exact) mass is 866 g/mol. The second-order valence-corrected chi connectivity index (χ2v) is 12.9. The number of carbonyl (C=O) groups excluding carboxylic acids is 3. The van der Waals surface area contributed by atoms with E-state index in [0.29, 0.717) is 0 Å². The molecule has 0 saturated carbocycles. The number of aliphatic carboxylic acids is 1. The van der Waals surface area contributed by atoms with Gasteiger partial charge in [-0.15, -0.1) is 0 Å². The second-order valence-electron chi connectivity index (χ2n) is 8.85. The molecule has 0 aromatic rings. The van der Waals surface area contributed by atoms with E-state index < -0.39 is 116 Å². The Balaban J connectivity index is -0.00000141. The van der Waals surface area contributed by atoms with E-state index in [0.717, 1.165) is 4.90 Å². The smallest absolute Gasteiger partial charge is 0.726 e. The van der Waals surface area contributed by atoms with E-state index in [1.165, 1.54) is 6.92 Å². The van der Waals surface area contributed by atoms with Gasteiger partial charge in [0.1, 0.15) is 18.3 Å². The summed E-state index contributed by atoms with van der Waals surface area (Å²) in [5.41, 5.74) is 0. The molecule has 1 N–H and O–H groups in total. The molecule has 1 rings (SSSR count). The van der Waals surface area contributed by atoms with Crippen LogP contribution in [0.2, 0.25) is 0 Å². The van der Waals surface area contributed by atoms with Gasteiger partial charge in [-0.05, 0) is 26.2 Å². The second kappa shape index (κ2) is 29.1. The molecule has 270 valence electrons. The summed E-state index contributed by atoms with van der Waals surface area (Å²) in [7, 11) is -23.5. The molecule has 0 bridgehead atoms. The first kappa shape index (κ1) is 63.0. The fourth-order valence-corrected chi connectivity index (χ4v) is 5.48. The number of carboxylic acids is 1. The SMILES string of the molecule is CCN(CC(=O)NCCO[C@H]1O[C@H](COS(=O)(=O)[O-])[C@@H](OS(=O)(=O)[O-])[C@H](OS(=O)(=O)[O-])[C@@H]1OS(=O)(=O)[O-])C(=O)CCCCC(=O)[O-].[Na+].[Na+].[Na+].[Na+].[Na+]. The van der Waals surface area contributed by atoms with Crippen LogP contribution >= 0.6 is 0 Å². The molecule has 5 atom stereocenters. The van der Waals surface area contributed by atoms with Crippen LogP contribution in [0.4, 0.5) is 0 Å². The van der Waals surface area contributed by atoms with Crippen molar-refractivity contribution in [1.82, 2.24) is 10.2 Å². The van der Waals surface area contributed by atoms with Gasteiger partial charge in [0.25, 0.3) is 0 Å². The summed E-state index contributed by atoms with van der Waals surface area (Å²) in [6.07, 6.45) is -13.4. The van der Waals surface area contributed by atoms with Crippen LogP contribution in [0.15, 0.2) is 0 Å². The van der Waals surface area contributed by atoms with Crippen molar-refractivity contribution in [2.75, 3.05) is 32.8 Å². The molecular formula is C18H27N2Na5O22S4. The molecule has 1 heterocycles.